The van der Waals surface area contributed by atoms with Crippen LogP contribution in [0.4, 0.5) is 5.82 Å². The van der Waals surface area contributed by atoms with E-state index in [0.29, 0.717) is 6.42 Å². The van der Waals surface area contributed by atoms with Crippen molar-refractivity contribution in [1.29, 1.82) is 0 Å². The Morgan fingerprint density at radius 1 is 1.56 bits per heavy atom. The Labute approximate surface area is 107 Å². The molecule has 0 aliphatic heterocycles. The van der Waals surface area contributed by atoms with E-state index in [4.69, 9.17) is 10.8 Å². The molecule has 0 aromatic carbocycles. The van der Waals surface area contributed by atoms with Crippen molar-refractivity contribution < 1.29 is 13.5 Å². The summed E-state index contributed by atoms with van der Waals surface area (Å²) < 4.78 is 28.2. The van der Waals surface area contributed by atoms with Crippen molar-refractivity contribution in [2.75, 3.05) is 12.3 Å². The van der Waals surface area contributed by atoms with Gasteiger partial charge >= 0.3 is 0 Å². The van der Waals surface area contributed by atoms with Gasteiger partial charge in [-0.25, -0.2) is 13.1 Å². The number of anilines is 1. The summed E-state index contributed by atoms with van der Waals surface area (Å²) in [6.45, 7) is 3.69. The van der Waals surface area contributed by atoms with Crippen LogP contribution in [0.1, 0.15) is 20.3 Å². The topological polar surface area (TPSA) is 110 Å². The number of sulfonamides is 1. The van der Waals surface area contributed by atoms with Crippen LogP contribution in [0.2, 0.25) is 0 Å². The molecule has 7 nitrogen and oxygen atoms in total. The fourth-order valence-electron chi connectivity index (χ4n) is 1.62. The molecular weight excluding hydrogens is 256 g/mol. The number of hydrogen-bond acceptors (Lipinski definition) is 5. The molecule has 4 N–H and O–H groups in total. The highest BCUT2D eigenvalue weighted by atomic mass is 32.2. The molecule has 0 bridgehead atoms. The van der Waals surface area contributed by atoms with E-state index < -0.39 is 10.0 Å². The quantitative estimate of drug-likeness (QED) is 0.660. The Kier molecular flexibility index (Phi) is 4.71. The fraction of sp³-hybridized carbons (Fsp3) is 0.700. The van der Waals surface area contributed by atoms with E-state index in [9.17, 15) is 8.42 Å². The van der Waals surface area contributed by atoms with E-state index in [1.165, 1.54) is 10.9 Å². The molecule has 1 atom stereocenters. The monoisotopic (exact) mass is 276 g/mol. The van der Waals surface area contributed by atoms with Crippen molar-refractivity contribution in [2.24, 2.45) is 13.0 Å². The molecule has 1 aromatic heterocycles. The molecule has 0 fully saturated rings. The first-order valence-corrected chi connectivity index (χ1v) is 7.18. The predicted octanol–water partition coefficient (Wildman–Crippen LogP) is -0.312. The number of nitrogens with two attached hydrogens (primary N) is 1. The number of aromatic nitrogens is 2. The van der Waals surface area contributed by atoms with E-state index in [0.717, 1.165) is 0 Å². The molecule has 0 aliphatic carbocycles. The minimum Gasteiger partial charge on any atom is -0.396 e. The molecule has 1 unspecified atom stereocenters. The summed E-state index contributed by atoms with van der Waals surface area (Å²) in [5.41, 5.74) is 5.55. The number of aliphatic hydroxyl groups is 1. The SMILES string of the molecule is CC(C)C(CCO)NS(=O)(=O)c1cn(C)nc1N. The zero-order valence-electron chi connectivity index (χ0n) is 10.8. The summed E-state index contributed by atoms with van der Waals surface area (Å²) in [5.74, 6) is 0.0429. The van der Waals surface area contributed by atoms with Gasteiger partial charge in [0.15, 0.2) is 5.82 Å². The van der Waals surface area contributed by atoms with Crippen molar-refractivity contribution >= 4 is 15.8 Å². The number of hydrogen-bond donors (Lipinski definition) is 3. The average Bonchev–Trinajstić information content (AvgIpc) is 2.57. The first-order valence-electron chi connectivity index (χ1n) is 5.70. The van der Waals surface area contributed by atoms with Crippen LogP contribution >= 0.6 is 0 Å². The van der Waals surface area contributed by atoms with Crippen LogP contribution in [0.5, 0.6) is 0 Å². The second kappa shape index (κ2) is 5.68. The van der Waals surface area contributed by atoms with Crippen molar-refractivity contribution in [3.63, 3.8) is 0 Å². The Balaban J connectivity index is 2.97. The van der Waals surface area contributed by atoms with E-state index in [-0.39, 0.29) is 29.3 Å². The van der Waals surface area contributed by atoms with Gasteiger partial charge in [0, 0.05) is 25.9 Å². The third-order valence-corrected chi connectivity index (χ3v) is 4.17. The smallest absolute Gasteiger partial charge is 0.246 e. The van der Waals surface area contributed by atoms with Crippen LogP contribution in [0, 0.1) is 5.92 Å². The van der Waals surface area contributed by atoms with Crippen LogP contribution in [0.25, 0.3) is 0 Å². The molecule has 1 aromatic rings. The molecule has 0 radical (unpaired) electrons. The fourth-order valence-corrected chi connectivity index (χ4v) is 3.14. The summed E-state index contributed by atoms with van der Waals surface area (Å²) in [6, 6.07) is -0.334. The van der Waals surface area contributed by atoms with Gasteiger partial charge in [0.25, 0.3) is 0 Å². The number of nitrogens with zero attached hydrogens (tertiary/aromatic N) is 2. The third kappa shape index (κ3) is 3.44. The number of aliphatic hydroxyl groups excluding tert-OH is 1. The maximum absolute atomic E-state index is 12.1. The minimum absolute atomic E-state index is 0.0310. The molecule has 1 rings (SSSR count). The maximum Gasteiger partial charge on any atom is 0.246 e. The zero-order chi connectivity index (χ0) is 13.9. The Morgan fingerprint density at radius 2 is 2.17 bits per heavy atom. The van der Waals surface area contributed by atoms with E-state index in [1.54, 1.807) is 7.05 Å². The highest BCUT2D eigenvalue weighted by molar-refractivity contribution is 7.89. The number of rotatable bonds is 6. The lowest BCUT2D eigenvalue weighted by Gasteiger charge is -2.20. The molecule has 1 heterocycles. The largest absolute Gasteiger partial charge is 0.396 e. The van der Waals surface area contributed by atoms with E-state index in [2.05, 4.69) is 9.82 Å². The standard InChI is InChI=1S/C10H20N4O3S/c1-7(2)8(4-5-15)13-18(16,17)9-6-14(3)12-10(9)11/h6-8,13,15H,4-5H2,1-3H3,(H2,11,12). The first-order chi connectivity index (χ1) is 8.27. The lowest BCUT2D eigenvalue weighted by molar-refractivity contribution is 0.256. The van der Waals surface area contributed by atoms with Gasteiger partial charge in [0.05, 0.1) is 0 Å². The summed E-state index contributed by atoms with van der Waals surface area (Å²) in [6.07, 6.45) is 1.71. The number of aryl methyl sites for hydroxylation is 1. The summed E-state index contributed by atoms with van der Waals surface area (Å²) in [5, 5.41) is 12.7. The molecule has 0 amide bonds. The van der Waals surface area contributed by atoms with Crippen molar-refractivity contribution in [2.45, 2.75) is 31.2 Å². The molecular formula is C10H20N4O3S. The van der Waals surface area contributed by atoms with Crippen molar-refractivity contribution in [3.05, 3.63) is 6.20 Å². The van der Waals surface area contributed by atoms with E-state index in [1.807, 2.05) is 13.8 Å². The molecule has 0 aliphatic rings. The Morgan fingerprint density at radius 3 is 2.56 bits per heavy atom. The second-order valence-corrected chi connectivity index (χ2v) is 6.22. The van der Waals surface area contributed by atoms with Crippen LogP contribution in [0.3, 0.4) is 0 Å². The molecule has 0 saturated carbocycles. The maximum atomic E-state index is 12.1. The molecule has 104 valence electrons. The zero-order valence-corrected chi connectivity index (χ0v) is 11.6. The Bertz CT molecular complexity index is 495. The van der Waals surface area contributed by atoms with Gasteiger partial charge in [-0.15, -0.1) is 0 Å². The molecule has 18 heavy (non-hydrogen) atoms. The van der Waals surface area contributed by atoms with Gasteiger partial charge in [-0.05, 0) is 12.3 Å². The van der Waals surface area contributed by atoms with Gasteiger partial charge in [-0.2, -0.15) is 5.10 Å². The minimum atomic E-state index is -3.71. The molecule has 8 heteroatoms. The van der Waals surface area contributed by atoms with Gasteiger partial charge < -0.3 is 10.8 Å². The van der Waals surface area contributed by atoms with Gasteiger partial charge in [0.2, 0.25) is 10.0 Å². The molecule has 0 spiro atoms. The summed E-state index contributed by atoms with van der Waals surface area (Å²) in [7, 11) is -2.11. The Hall–Kier alpha value is -1.12. The molecule has 0 saturated heterocycles. The summed E-state index contributed by atoms with van der Waals surface area (Å²) in [4.78, 5) is -0.0337. The van der Waals surface area contributed by atoms with Crippen LogP contribution < -0.4 is 10.5 Å². The number of nitrogen functional groups attached to an aromatic ring is 1. The van der Waals surface area contributed by atoms with Crippen molar-refractivity contribution in [1.82, 2.24) is 14.5 Å². The summed E-state index contributed by atoms with van der Waals surface area (Å²) >= 11 is 0. The second-order valence-electron chi connectivity index (χ2n) is 4.54. The number of nitrogens with one attached hydrogen (secondary N) is 1. The highest BCUT2D eigenvalue weighted by Crippen LogP contribution is 2.17. The average molecular weight is 276 g/mol. The van der Waals surface area contributed by atoms with E-state index >= 15 is 0 Å². The predicted molar refractivity (Wildman–Crippen MR) is 68.3 cm³/mol. The first kappa shape index (κ1) is 14.9. The van der Waals surface area contributed by atoms with Gasteiger partial charge in [-0.1, -0.05) is 13.8 Å². The lowest BCUT2D eigenvalue weighted by atomic mass is 10.0. The van der Waals surface area contributed by atoms with Crippen LogP contribution in [-0.2, 0) is 17.1 Å². The third-order valence-electron chi connectivity index (χ3n) is 2.66. The highest BCUT2D eigenvalue weighted by Gasteiger charge is 2.25. The van der Waals surface area contributed by atoms with Crippen molar-refractivity contribution in [3.8, 4) is 0 Å². The normalized spacial score (nSPS) is 14.1. The van der Waals surface area contributed by atoms with Crippen LogP contribution in [-0.4, -0.2) is 36.0 Å². The van der Waals surface area contributed by atoms with Gasteiger partial charge in [0.1, 0.15) is 4.90 Å². The van der Waals surface area contributed by atoms with Crippen LogP contribution in [0.15, 0.2) is 11.1 Å². The van der Waals surface area contributed by atoms with Gasteiger partial charge in [-0.3, -0.25) is 4.68 Å². The lowest BCUT2D eigenvalue weighted by Crippen LogP contribution is -2.39.